The summed E-state index contributed by atoms with van der Waals surface area (Å²) >= 11 is 0. The second-order valence-corrected chi connectivity index (χ2v) is 6.83. The normalized spacial score (nSPS) is 11.7. The number of aliphatic hydroxyl groups excluding tert-OH is 1. The molecule has 1 N–H and O–H groups in total. The van der Waals surface area contributed by atoms with E-state index < -0.39 is 23.2 Å². The van der Waals surface area contributed by atoms with E-state index in [0.29, 0.717) is 17.5 Å². The van der Waals surface area contributed by atoms with Crippen LogP contribution in [0.2, 0.25) is 0 Å². The van der Waals surface area contributed by atoms with Gasteiger partial charge in [0.25, 0.3) is 0 Å². The first-order valence-corrected chi connectivity index (χ1v) is 10.4. The van der Waals surface area contributed by atoms with Crippen molar-refractivity contribution >= 4 is 17.0 Å². The molecule has 29 heavy (non-hydrogen) atoms. The van der Waals surface area contributed by atoms with Crippen molar-refractivity contribution in [2.24, 2.45) is 0 Å². The molecular formula is C22H34N2O5. The van der Waals surface area contributed by atoms with Crippen molar-refractivity contribution in [2.75, 3.05) is 6.61 Å². The first-order valence-electron chi connectivity index (χ1n) is 10.4. The van der Waals surface area contributed by atoms with Gasteiger partial charge in [-0.1, -0.05) is 33.6 Å². The second kappa shape index (κ2) is 11.6. The second-order valence-electron chi connectivity index (χ2n) is 6.83. The Labute approximate surface area is 171 Å². The van der Waals surface area contributed by atoms with Crippen LogP contribution in [0.15, 0.2) is 21.7 Å². The Balaban J connectivity index is 0.00000204. The highest BCUT2D eigenvalue weighted by Crippen LogP contribution is 2.18. The summed E-state index contributed by atoms with van der Waals surface area (Å²) in [5.74, 6) is -0.570. The lowest BCUT2D eigenvalue weighted by molar-refractivity contribution is -0.143. The smallest absolute Gasteiger partial charge is 0.326 e. The highest BCUT2D eigenvalue weighted by Gasteiger charge is 2.18. The number of rotatable bonds is 8. The van der Waals surface area contributed by atoms with Crippen molar-refractivity contribution in [3.63, 3.8) is 0 Å². The molecule has 1 heterocycles. The standard InChI is InChI=1S/C20H28N2O5.C2H6/c1-5-7-8-15(23)11-21-16-9-13(3)14(4)10-17(16)22(20(26)19(21)25)12-18(24)27-6-2;1-2/h9-10,15,23H,5-8,11-12H2,1-4H3;1-2H3. The van der Waals surface area contributed by atoms with Crippen molar-refractivity contribution in [2.45, 2.75) is 80.0 Å². The van der Waals surface area contributed by atoms with E-state index in [-0.39, 0.29) is 19.7 Å². The number of benzene rings is 1. The van der Waals surface area contributed by atoms with Gasteiger partial charge < -0.3 is 9.84 Å². The predicted molar refractivity (Wildman–Crippen MR) is 115 cm³/mol. The maximum absolute atomic E-state index is 12.7. The number of hydrogen-bond acceptors (Lipinski definition) is 5. The van der Waals surface area contributed by atoms with Gasteiger partial charge in [-0.25, -0.2) is 0 Å². The summed E-state index contributed by atoms with van der Waals surface area (Å²) in [6.45, 7) is 11.5. The number of aliphatic hydroxyl groups is 1. The van der Waals surface area contributed by atoms with Crippen LogP contribution in [0.4, 0.5) is 0 Å². The Hall–Kier alpha value is -2.41. The minimum absolute atomic E-state index is 0.0489. The monoisotopic (exact) mass is 406 g/mol. The number of aryl methyl sites for hydroxylation is 2. The van der Waals surface area contributed by atoms with E-state index in [9.17, 15) is 19.5 Å². The summed E-state index contributed by atoms with van der Waals surface area (Å²) < 4.78 is 7.42. The molecule has 1 atom stereocenters. The molecule has 1 unspecified atom stereocenters. The average Bonchev–Trinajstić information content (AvgIpc) is 2.70. The molecule has 0 saturated carbocycles. The summed E-state index contributed by atoms with van der Waals surface area (Å²) in [7, 11) is 0. The molecule has 0 aliphatic carbocycles. The highest BCUT2D eigenvalue weighted by molar-refractivity contribution is 5.79. The van der Waals surface area contributed by atoms with Gasteiger partial charge in [0.1, 0.15) is 6.54 Å². The first kappa shape index (κ1) is 24.6. The summed E-state index contributed by atoms with van der Waals surface area (Å²) in [6.07, 6.45) is 1.62. The number of fused-ring (bicyclic) bond motifs is 1. The number of nitrogens with zero attached hydrogens (tertiary/aromatic N) is 2. The number of aromatic nitrogens is 2. The van der Waals surface area contributed by atoms with Gasteiger partial charge in [-0.15, -0.1) is 0 Å². The maximum atomic E-state index is 12.7. The third-order valence-electron chi connectivity index (χ3n) is 4.72. The Morgan fingerprint density at radius 2 is 1.55 bits per heavy atom. The molecule has 7 nitrogen and oxygen atoms in total. The van der Waals surface area contributed by atoms with Crippen LogP contribution in [0, 0.1) is 13.8 Å². The Kier molecular flexibility index (Phi) is 9.81. The average molecular weight is 407 g/mol. The van der Waals surface area contributed by atoms with Gasteiger partial charge in [-0.2, -0.15) is 0 Å². The van der Waals surface area contributed by atoms with Crippen molar-refractivity contribution in [3.05, 3.63) is 44.0 Å². The number of hydrogen-bond donors (Lipinski definition) is 1. The molecule has 2 aromatic rings. The molecule has 1 aromatic carbocycles. The van der Waals surface area contributed by atoms with Crippen LogP contribution in [-0.4, -0.2) is 32.9 Å². The van der Waals surface area contributed by atoms with E-state index in [1.807, 2.05) is 40.7 Å². The lowest BCUT2D eigenvalue weighted by atomic mass is 10.1. The van der Waals surface area contributed by atoms with Gasteiger partial charge >= 0.3 is 17.1 Å². The van der Waals surface area contributed by atoms with Crippen LogP contribution in [0.3, 0.4) is 0 Å². The fraction of sp³-hybridized carbons (Fsp3) is 0.591. The number of ether oxygens (including phenoxy) is 1. The zero-order chi connectivity index (χ0) is 22.1. The van der Waals surface area contributed by atoms with Crippen LogP contribution in [-0.2, 0) is 22.6 Å². The van der Waals surface area contributed by atoms with Crippen molar-refractivity contribution in [3.8, 4) is 0 Å². The molecule has 0 bridgehead atoms. The Morgan fingerprint density at radius 1 is 1.03 bits per heavy atom. The molecule has 0 fully saturated rings. The Morgan fingerprint density at radius 3 is 2.07 bits per heavy atom. The van der Waals surface area contributed by atoms with Gasteiger partial charge in [0.05, 0.1) is 30.3 Å². The molecule has 0 saturated heterocycles. The highest BCUT2D eigenvalue weighted by atomic mass is 16.5. The van der Waals surface area contributed by atoms with Gasteiger partial charge in [0, 0.05) is 0 Å². The SMILES string of the molecule is CC.CCCCC(O)Cn1c(=O)c(=O)n(CC(=O)OCC)c2cc(C)c(C)cc21. The third-order valence-corrected chi connectivity index (χ3v) is 4.72. The summed E-state index contributed by atoms with van der Waals surface area (Å²) in [4.78, 5) is 37.3. The molecular weight excluding hydrogens is 372 g/mol. The molecule has 0 spiro atoms. The van der Waals surface area contributed by atoms with Crippen molar-refractivity contribution in [1.29, 1.82) is 0 Å². The Bertz CT molecular complexity index is 943. The quantitative estimate of drug-likeness (QED) is 0.538. The van der Waals surface area contributed by atoms with Crippen molar-refractivity contribution in [1.82, 2.24) is 9.13 Å². The molecule has 162 valence electrons. The molecule has 0 aliphatic rings. The van der Waals surface area contributed by atoms with E-state index in [0.717, 1.165) is 28.5 Å². The largest absolute Gasteiger partial charge is 0.465 e. The minimum Gasteiger partial charge on any atom is -0.465 e. The zero-order valence-corrected chi connectivity index (χ0v) is 18.4. The number of unbranched alkanes of at least 4 members (excludes halogenated alkanes) is 1. The summed E-state index contributed by atoms with van der Waals surface area (Å²) in [6, 6.07) is 3.61. The maximum Gasteiger partial charge on any atom is 0.326 e. The van der Waals surface area contributed by atoms with Crippen LogP contribution >= 0.6 is 0 Å². The van der Waals surface area contributed by atoms with E-state index >= 15 is 0 Å². The lowest BCUT2D eigenvalue weighted by Crippen LogP contribution is -2.44. The minimum atomic E-state index is -0.790. The van der Waals surface area contributed by atoms with Crippen LogP contribution in [0.5, 0.6) is 0 Å². The first-order chi connectivity index (χ1) is 13.8. The van der Waals surface area contributed by atoms with Gasteiger partial charge in [-0.05, 0) is 50.5 Å². The number of esters is 1. The lowest BCUT2D eigenvalue weighted by Gasteiger charge is -2.18. The molecule has 0 amide bonds. The summed E-state index contributed by atoms with van der Waals surface area (Å²) in [5, 5.41) is 10.3. The van der Waals surface area contributed by atoms with Crippen LogP contribution in [0.1, 0.15) is 58.1 Å². The third kappa shape index (κ3) is 6.03. The van der Waals surface area contributed by atoms with Crippen LogP contribution < -0.4 is 11.1 Å². The van der Waals surface area contributed by atoms with Gasteiger partial charge in [0.2, 0.25) is 0 Å². The molecule has 1 aromatic heterocycles. The van der Waals surface area contributed by atoms with Gasteiger partial charge in [-0.3, -0.25) is 23.5 Å². The van der Waals surface area contributed by atoms with E-state index in [1.54, 1.807) is 13.0 Å². The topological polar surface area (TPSA) is 90.5 Å². The molecule has 7 heteroatoms. The van der Waals surface area contributed by atoms with E-state index in [2.05, 4.69) is 0 Å². The van der Waals surface area contributed by atoms with E-state index in [4.69, 9.17) is 4.74 Å². The number of carbonyl (C=O) groups is 1. The molecule has 0 aliphatic heterocycles. The predicted octanol–water partition coefficient (Wildman–Crippen LogP) is 2.92. The van der Waals surface area contributed by atoms with Crippen molar-refractivity contribution < 1.29 is 14.6 Å². The summed E-state index contributed by atoms with van der Waals surface area (Å²) in [5.41, 5.74) is 1.38. The van der Waals surface area contributed by atoms with Crippen LogP contribution in [0.25, 0.3) is 11.0 Å². The molecule has 2 rings (SSSR count). The fourth-order valence-electron chi connectivity index (χ4n) is 3.08. The molecule has 0 radical (unpaired) electrons. The fourth-order valence-corrected chi connectivity index (χ4v) is 3.08. The zero-order valence-electron chi connectivity index (χ0n) is 18.4. The van der Waals surface area contributed by atoms with Gasteiger partial charge in [0.15, 0.2) is 0 Å². The number of carbonyl (C=O) groups excluding carboxylic acids is 1. The van der Waals surface area contributed by atoms with E-state index in [1.165, 1.54) is 4.57 Å².